The molecule has 1 aromatic carbocycles. The normalized spacial score (nSPS) is 16.6. The summed E-state index contributed by atoms with van der Waals surface area (Å²) in [5.74, 6) is -0.426. The Morgan fingerprint density at radius 1 is 1.35 bits per heavy atom. The van der Waals surface area contributed by atoms with E-state index in [4.69, 9.17) is 9.84 Å². The molecule has 0 aliphatic carbocycles. The number of rotatable bonds is 6. The molecule has 0 aromatic heterocycles. The zero-order chi connectivity index (χ0) is 14.4. The third kappa shape index (κ3) is 3.94. The van der Waals surface area contributed by atoms with Crippen LogP contribution in [0.5, 0.6) is 5.75 Å². The van der Waals surface area contributed by atoms with E-state index in [1.54, 1.807) is 31.2 Å². The molecule has 0 amide bonds. The van der Waals surface area contributed by atoms with Crippen LogP contribution in [0.1, 0.15) is 26.2 Å². The predicted molar refractivity (Wildman–Crippen MR) is 74.1 cm³/mol. The summed E-state index contributed by atoms with van der Waals surface area (Å²) < 4.78 is 5.38. The van der Waals surface area contributed by atoms with Gasteiger partial charge in [-0.2, -0.15) is 0 Å². The zero-order valence-electron chi connectivity index (χ0n) is 11.5. The fourth-order valence-corrected chi connectivity index (χ4v) is 1.97. The molecule has 1 aliphatic heterocycles. The molecule has 20 heavy (non-hydrogen) atoms. The molecule has 0 spiro atoms. The predicted octanol–water partition coefficient (Wildman–Crippen LogP) is 3.02. The van der Waals surface area contributed by atoms with Crippen molar-refractivity contribution in [3.05, 3.63) is 24.3 Å². The second-order valence-corrected chi connectivity index (χ2v) is 4.70. The quantitative estimate of drug-likeness (QED) is 0.811. The lowest BCUT2D eigenvalue weighted by molar-refractivity contribution is -0.145. The van der Waals surface area contributed by atoms with Crippen molar-refractivity contribution in [1.29, 1.82) is 0 Å². The van der Waals surface area contributed by atoms with E-state index in [-0.39, 0.29) is 0 Å². The van der Waals surface area contributed by atoms with Gasteiger partial charge in [0.25, 0.3) is 0 Å². The Morgan fingerprint density at radius 3 is 2.55 bits per heavy atom. The maximum Gasteiger partial charge on any atom is 0.344 e. The van der Waals surface area contributed by atoms with Crippen molar-refractivity contribution in [1.82, 2.24) is 5.01 Å². The summed E-state index contributed by atoms with van der Waals surface area (Å²) in [4.78, 5) is 10.9. The summed E-state index contributed by atoms with van der Waals surface area (Å²) in [5.41, 5.74) is 0.729. The first-order chi connectivity index (χ1) is 9.69. The Labute approximate surface area is 118 Å². The second kappa shape index (κ2) is 6.88. The molecular formula is C14H19N3O3. The largest absolute Gasteiger partial charge is 0.479 e. The number of nitrogens with zero attached hydrogens (tertiary/aromatic N) is 3. The number of benzene rings is 1. The summed E-state index contributed by atoms with van der Waals surface area (Å²) in [6.45, 7) is 3.69. The average Bonchev–Trinajstić information content (AvgIpc) is 2.96. The molecule has 1 unspecified atom stereocenters. The lowest BCUT2D eigenvalue weighted by Crippen LogP contribution is -2.25. The van der Waals surface area contributed by atoms with Gasteiger partial charge in [-0.3, -0.25) is 5.01 Å². The minimum Gasteiger partial charge on any atom is -0.479 e. The molecule has 0 bridgehead atoms. The fraction of sp³-hybridized carbons (Fsp3) is 0.500. The SMILES string of the molecule is CCC(Oc1ccc(N=NN2CCCC2)cc1)C(=O)O. The number of carboxylic acid groups (broad SMARTS) is 1. The lowest BCUT2D eigenvalue weighted by Gasteiger charge is -2.12. The van der Waals surface area contributed by atoms with Gasteiger partial charge in [-0.25, -0.2) is 4.79 Å². The van der Waals surface area contributed by atoms with Crippen molar-refractivity contribution < 1.29 is 14.6 Å². The molecule has 1 heterocycles. The van der Waals surface area contributed by atoms with Gasteiger partial charge in [0, 0.05) is 13.1 Å². The van der Waals surface area contributed by atoms with Crippen molar-refractivity contribution in [3.63, 3.8) is 0 Å². The molecule has 6 heteroatoms. The maximum absolute atomic E-state index is 10.9. The summed E-state index contributed by atoms with van der Waals surface area (Å²) >= 11 is 0. The molecule has 0 radical (unpaired) electrons. The van der Waals surface area contributed by atoms with Gasteiger partial charge in [-0.05, 0) is 43.5 Å². The third-order valence-corrected chi connectivity index (χ3v) is 3.13. The first kappa shape index (κ1) is 14.3. The molecule has 1 saturated heterocycles. The van der Waals surface area contributed by atoms with E-state index in [9.17, 15) is 4.79 Å². The molecule has 2 rings (SSSR count). The summed E-state index contributed by atoms with van der Waals surface area (Å²) in [6, 6.07) is 6.96. The van der Waals surface area contributed by atoms with E-state index in [0.717, 1.165) is 18.8 Å². The van der Waals surface area contributed by atoms with E-state index in [1.165, 1.54) is 12.8 Å². The van der Waals surface area contributed by atoms with Crippen LogP contribution in [0.3, 0.4) is 0 Å². The van der Waals surface area contributed by atoms with Gasteiger partial charge in [0.05, 0.1) is 5.69 Å². The summed E-state index contributed by atoms with van der Waals surface area (Å²) in [7, 11) is 0. The molecule has 1 aliphatic rings. The highest BCUT2D eigenvalue weighted by atomic mass is 16.5. The molecule has 0 saturated carbocycles. The Bertz CT molecular complexity index is 467. The van der Waals surface area contributed by atoms with Crippen LogP contribution in [0.4, 0.5) is 5.69 Å². The van der Waals surface area contributed by atoms with Crippen LogP contribution in [0, 0.1) is 0 Å². The first-order valence-electron chi connectivity index (χ1n) is 6.85. The van der Waals surface area contributed by atoms with E-state index in [1.807, 2.05) is 5.01 Å². The molecular weight excluding hydrogens is 258 g/mol. The standard InChI is InChI=1S/C14H19N3O3/c1-2-13(14(18)19)20-12-7-5-11(6-8-12)15-16-17-9-3-4-10-17/h5-8,13H,2-4,9-10H2,1H3,(H,18,19). The summed E-state index contributed by atoms with van der Waals surface area (Å²) in [5, 5.41) is 19.2. The number of carboxylic acids is 1. The first-order valence-corrected chi connectivity index (χ1v) is 6.85. The van der Waals surface area contributed by atoms with Crippen molar-refractivity contribution in [2.75, 3.05) is 13.1 Å². The minimum atomic E-state index is -0.953. The Hall–Kier alpha value is -2.11. The van der Waals surface area contributed by atoms with Crippen LogP contribution in [0.25, 0.3) is 0 Å². The smallest absolute Gasteiger partial charge is 0.344 e. The van der Waals surface area contributed by atoms with Gasteiger partial charge in [0.15, 0.2) is 6.10 Å². The van der Waals surface area contributed by atoms with Crippen molar-refractivity contribution >= 4 is 11.7 Å². The topological polar surface area (TPSA) is 74.5 Å². The highest BCUT2D eigenvalue weighted by Gasteiger charge is 2.16. The van der Waals surface area contributed by atoms with Gasteiger partial charge in [-0.1, -0.05) is 12.1 Å². The van der Waals surface area contributed by atoms with Crippen LogP contribution in [-0.2, 0) is 4.79 Å². The molecule has 1 fully saturated rings. The van der Waals surface area contributed by atoms with Crippen LogP contribution >= 0.6 is 0 Å². The van der Waals surface area contributed by atoms with Gasteiger partial charge in [-0.15, -0.1) is 5.11 Å². The van der Waals surface area contributed by atoms with Crippen LogP contribution in [0.2, 0.25) is 0 Å². The summed E-state index contributed by atoms with van der Waals surface area (Å²) in [6.07, 6.45) is 1.94. The third-order valence-electron chi connectivity index (χ3n) is 3.13. The van der Waals surface area contributed by atoms with Crippen molar-refractivity contribution in [2.24, 2.45) is 10.3 Å². The van der Waals surface area contributed by atoms with E-state index in [0.29, 0.717) is 12.2 Å². The second-order valence-electron chi connectivity index (χ2n) is 4.70. The van der Waals surface area contributed by atoms with E-state index in [2.05, 4.69) is 10.3 Å². The van der Waals surface area contributed by atoms with Crippen LogP contribution in [-0.4, -0.2) is 35.3 Å². The highest BCUT2D eigenvalue weighted by Crippen LogP contribution is 2.21. The van der Waals surface area contributed by atoms with Crippen LogP contribution in [0.15, 0.2) is 34.6 Å². The molecule has 108 valence electrons. The number of ether oxygens (including phenoxy) is 1. The van der Waals surface area contributed by atoms with Gasteiger partial charge < -0.3 is 9.84 Å². The Balaban J connectivity index is 1.93. The Kier molecular flexibility index (Phi) is 4.92. The maximum atomic E-state index is 10.9. The van der Waals surface area contributed by atoms with E-state index >= 15 is 0 Å². The van der Waals surface area contributed by atoms with Gasteiger partial charge >= 0.3 is 5.97 Å². The lowest BCUT2D eigenvalue weighted by atomic mass is 10.2. The highest BCUT2D eigenvalue weighted by molar-refractivity contribution is 5.72. The van der Waals surface area contributed by atoms with Gasteiger partial charge in [0.2, 0.25) is 0 Å². The molecule has 6 nitrogen and oxygen atoms in total. The number of hydrogen-bond acceptors (Lipinski definition) is 4. The van der Waals surface area contributed by atoms with Crippen LogP contribution < -0.4 is 4.74 Å². The number of carbonyl (C=O) groups is 1. The zero-order valence-corrected chi connectivity index (χ0v) is 11.5. The molecule has 1 atom stereocenters. The molecule has 1 aromatic rings. The van der Waals surface area contributed by atoms with E-state index < -0.39 is 12.1 Å². The number of aliphatic carboxylic acids is 1. The van der Waals surface area contributed by atoms with Crippen molar-refractivity contribution in [3.8, 4) is 5.75 Å². The monoisotopic (exact) mass is 277 g/mol. The molecule has 1 N–H and O–H groups in total. The average molecular weight is 277 g/mol. The Morgan fingerprint density at radius 2 is 2.00 bits per heavy atom. The number of hydrogen-bond donors (Lipinski definition) is 1. The minimum absolute atomic E-state index is 0.422. The van der Waals surface area contributed by atoms with Gasteiger partial charge in [0.1, 0.15) is 5.75 Å². The van der Waals surface area contributed by atoms with Crippen molar-refractivity contribution in [2.45, 2.75) is 32.3 Å². The fourth-order valence-electron chi connectivity index (χ4n) is 1.97.